The Hall–Kier alpha value is -1.63. The zero-order valence-corrected chi connectivity index (χ0v) is 11.6. The van der Waals surface area contributed by atoms with Gasteiger partial charge in [0.1, 0.15) is 0 Å². The van der Waals surface area contributed by atoms with E-state index in [1.54, 1.807) is 12.3 Å². The molecule has 6 nitrogen and oxygen atoms in total. The van der Waals surface area contributed by atoms with E-state index in [2.05, 4.69) is 9.88 Å². The van der Waals surface area contributed by atoms with Crippen molar-refractivity contribution in [2.24, 2.45) is 11.7 Å². The van der Waals surface area contributed by atoms with Crippen LogP contribution in [-0.2, 0) is 9.53 Å². The second-order valence-corrected chi connectivity index (χ2v) is 5.24. The fourth-order valence-electron chi connectivity index (χ4n) is 2.06. The summed E-state index contributed by atoms with van der Waals surface area (Å²) in [5.41, 5.74) is 5.64. The van der Waals surface area contributed by atoms with Crippen molar-refractivity contribution in [1.29, 1.82) is 0 Å². The van der Waals surface area contributed by atoms with Gasteiger partial charge in [-0.15, -0.1) is 11.3 Å². The Morgan fingerprint density at radius 3 is 2.79 bits per heavy atom. The molecule has 0 atom stereocenters. The molecule has 2 rings (SSSR count). The number of carbonyl (C=O) groups excluding carboxylic acids is 2. The van der Waals surface area contributed by atoms with E-state index >= 15 is 0 Å². The molecule has 19 heavy (non-hydrogen) atoms. The topological polar surface area (TPSA) is 85.5 Å². The van der Waals surface area contributed by atoms with Gasteiger partial charge >= 0.3 is 5.97 Å². The Bertz CT molecular complexity index is 467. The van der Waals surface area contributed by atoms with Crippen molar-refractivity contribution in [2.45, 2.75) is 19.8 Å². The van der Waals surface area contributed by atoms with E-state index in [-0.39, 0.29) is 11.8 Å². The van der Waals surface area contributed by atoms with Crippen molar-refractivity contribution in [3.63, 3.8) is 0 Å². The zero-order chi connectivity index (χ0) is 13.8. The van der Waals surface area contributed by atoms with Gasteiger partial charge in [-0.2, -0.15) is 0 Å². The molecule has 2 heterocycles. The number of carbonyl (C=O) groups is 2. The Kier molecular flexibility index (Phi) is 4.36. The molecule has 7 heteroatoms. The van der Waals surface area contributed by atoms with Crippen LogP contribution >= 0.6 is 11.3 Å². The van der Waals surface area contributed by atoms with Crippen LogP contribution in [0.5, 0.6) is 0 Å². The summed E-state index contributed by atoms with van der Waals surface area (Å²) >= 11 is 1.42. The first-order valence-corrected chi connectivity index (χ1v) is 7.16. The van der Waals surface area contributed by atoms with E-state index in [0.717, 1.165) is 31.1 Å². The van der Waals surface area contributed by atoms with E-state index in [1.165, 1.54) is 11.3 Å². The van der Waals surface area contributed by atoms with Gasteiger partial charge in [0, 0.05) is 24.4 Å². The van der Waals surface area contributed by atoms with Crippen molar-refractivity contribution in [1.82, 2.24) is 4.98 Å². The normalized spacial score (nSPS) is 16.4. The van der Waals surface area contributed by atoms with Crippen molar-refractivity contribution in [2.75, 3.05) is 24.6 Å². The molecule has 1 saturated heterocycles. The summed E-state index contributed by atoms with van der Waals surface area (Å²) in [5.74, 6) is -0.663. The maximum atomic E-state index is 11.5. The lowest BCUT2D eigenvalue weighted by molar-refractivity contribution is -0.122. The van der Waals surface area contributed by atoms with Gasteiger partial charge in [-0.1, -0.05) is 0 Å². The number of hydrogen-bond acceptors (Lipinski definition) is 6. The Morgan fingerprint density at radius 2 is 2.21 bits per heavy atom. The monoisotopic (exact) mass is 283 g/mol. The third-order valence-corrected chi connectivity index (χ3v) is 4.05. The highest BCUT2D eigenvalue weighted by Gasteiger charge is 2.25. The zero-order valence-electron chi connectivity index (χ0n) is 10.8. The first-order valence-electron chi connectivity index (χ1n) is 6.28. The molecule has 0 unspecified atom stereocenters. The summed E-state index contributed by atoms with van der Waals surface area (Å²) in [5, 5.41) is 2.50. The smallest absolute Gasteiger partial charge is 0.357 e. The number of anilines is 1. The number of thiazole rings is 1. The molecular formula is C12H17N3O3S. The first kappa shape index (κ1) is 13.8. The van der Waals surface area contributed by atoms with Crippen molar-refractivity contribution >= 4 is 28.3 Å². The Morgan fingerprint density at radius 1 is 1.53 bits per heavy atom. The molecule has 0 aliphatic carbocycles. The highest BCUT2D eigenvalue weighted by atomic mass is 32.1. The summed E-state index contributed by atoms with van der Waals surface area (Å²) in [6.07, 6.45) is 1.48. The molecule has 2 N–H and O–H groups in total. The number of aromatic nitrogens is 1. The predicted octanol–water partition coefficient (Wildman–Crippen LogP) is 1.02. The quantitative estimate of drug-likeness (QED) is 0.834. The number of piperidine rings is 1. The van der Waals surface area contributed by atoms with E-state index in [4.69, 9.17) is 10.5 Å². The third-order valence-electron chi connectivity index (χ3n) is 3.14. The van der Waals surface area contributed by atoms with Crippen LogP contribution in [0.15, 0.2) is 5.38 Å². The lowest BCUT2D eigenvalue weighted by atomic mass is 9.97. The number of rotatable bonds is 4. The van der Waals surface area contributed by atoms with Crippen LogP contribution in [0.4, 0.5) is 5.13 Å². The van der Waals surface area contributed by atoms with Gasteiger partial charge in [0.25, 0.3) is 0 Å². The molecule has 1 aliphatic rings. The average molecular weight is 283 g/mol. The van der Waals surface area contributed by atoms with E-state index in [1.807, 2.05) is 0 Å². The van der Waals surface area contributed by atoms with Gasteiger partial charge < -0.3 is 15.4 Å². The van der Waals surface area contributed by atoms with Crippen LogP contribution in [0.3, 0.4) is 0 Å². The Balaban J connectivity index is 1.97. The average Bonchev–Trinajstić information content (AvgIpc) is 2.89. The standard InChI is InChI=1S/C12H17N3O3S/c1-2-18-11(17)9-7-19-12(14-9)15-5-3-8(4-6-15)10(13)16/h7-8H,2-6H2,1H3,(H2,13,16). The minimum atomic E-state index is -0.392. The minimum absolute atomic E-state index is 0.0410. The highest BCUT2D eigenvalue weighted by molar-refractivity contribution is 7.13. The van der Waals surface area contributed by atoms with E-state index < -0.39 is 5.97 Å². The van der Waals surface area contributed by atoms with Gasteiger partial charge in [-0.25, -0.2) is 9.78 Å². The molecule has 0 aromatic carbocycles. The number of esters is 1. The number of ether oxygens (including phenoxy) is 1. The molecule has 1 amide bonds. The van der Waals surface area contributed by atoms with Gasteiger partial charge in [0.2, 0.25) is 5.91 Å². The minimum Gasteiger partial charge on any atom is -0.461 e. The second-order valence-electron chi connectivity index (χ2n) is 4.40. The molecule has 0 bridgehead atoms. The predicted molar refractivity (Wildman–Crippen MR) is 72.2 cm³/mol. The number of hydrogen-bond donors (Lipinski definition) is 1. The summed E-state index contributed by atoms with van der Waals surface area (Å²) in [6.45, 7) is 3.59. The van der Waals surface area contributed by atoms with Gasteiger partial charge in [0.15, 0.2) is 10.8 Å². The van der Waals surface area contributed by atoms with Crippen molar-refractivity contribution in [3.05, 3.63) is 11.1 Å². The SMILES string of the molecule is CCOC(=O)c1csc(N2CCC(C(N)=O)CC2)n1. The molecule has 0 spiro atoms. The molecule has 1 aromatic heterocycles. The lowest BCUT2D eigenvalue weighted by Crippen LogP contribution is -2.38. The molecule has 1 fully saturated rings. The fourth-order valence-corrected chi connectivity index (χ4v) is 2.91. The summed E-state index contributed by atoms with van der Waals surface area (Å²) in [4.78, 5) is 29.0. The third kappa shape index (κ3) is 3.23. The number of primary amides is 1. The molecule has 1 aromatic rings. The van der Waals surface area contributed by atoms with Crippen LogP contribution in [0.2, 0.25) is 0 Å². The molecular weight excluding hydrogens is 266 g/mol. The highest BCUT2D eigenvalue weighted by Crippen LogP contribution is 2.26. The molecule has 1 aliphatic heterocycles. The lowest BCUT2D eigenvalue weighted by Gasteiger charge is -2.30. The van der Waals surface area contributed by atoms with Crippen LogP contribution < -0.4 is 10.6 Å². The largest absolute Gasteiger partial charge is 0.461 e. The van der Waals surface area contributed by atoms with Gasteiger partial charge in [-0.3, -0.25) is 4.79 Å². The first-order chi connectivity index (χ1) is 9.11. The maximum absolute atomic E-state index is 11.5. The number of nitrogens with zero attached hydrogens (tertiary/aromatic N) is 2. The Labute approximate surface area is 115 Å². The molecule has 0 saturated carbocycles. The van der Waals surface area contributed by atoms with Crippen LogP contribution in [0, 0.1) is 5.92 Å². The summed E-state index contributed by atoms with van der Waals surface area (Å²) in [7, 11) is 0. The van der Waals surface area contributed by atoms with Crippen molar-refractivity contribution < 1.29 is 14.3 Å². The number of nitrogens with two attached hydrogens (primary N) is 1. The van der Waals surface area contributed by atoms with Crippen molar-refractivity contribution in [3.8, 4) is 0 Å². The summed E-state index contributed by atoms with van der Waals surface area (Å²) in [6, 6.07) is 0. The molecule has 104 valence electrons. The summed E-state index contributed by atoms with van der Waals surface area (Å²) < 4.78 is 4.90. The van der Waals surface area contributed by atoms with Crippen LogP contribution in [0.1, 0.15) is 30.3 Å². The van der Waals surface area contributed by atoms with E-state index in [9.17, 15) is 9.59 Å². The van der Waals surface area contributed by atoms with Gasteiger partial charge in [0.05, 0.1) is 6.61 Å². The van der Waals surface area contributed by atoms with E-state index in [0.29, 0.717) is 12.3 Å². The van der Waals surface area contributed by atoms with Crippen LogP contribution in [-0.4, -0.2) is 36.6 Å². The van der Waals surface area contributed by atoms with Crippen LogP contribution in [0.25, 0.3) is 0 Å². The fraction of sp³-hybridized carbons (Fsp3) is 0.583. The molecule has 0 radical (unpaired) electrons. The second kappa shape index (κ2) is 6.01. The maximum Gasteiger partial charge on any atom is 0.357 e. The van der Waals surface area contributed by atoms with Gasteiger partial charge in [-0.05, 0) is 19.8 Å². The number of amides is 1.